The lowest BCUT2D eigenvalue weighted by Crippen LogP contribution is -2.23. The van der Waals surface area contributed by atoms with Gasteiger partial charge in [-0.1, -0.05) is 55.9 Å². The molecule has 20 heavy (non-hydrogen) atoms. The van der Waals surface area contributed by atoms with Crippen molar-refractivity contribution >= 4 is 18.0 Å². The first-order valence-electron chi connectivity index (χ1n) is 6.27. The highest BCUT2D eigenvalue weighted by Gasteiger charge is 2.12. The van der Waals surface area contributed by atoms with Crippen molar-refractivity contribution in [1.82, 2.24) is 14.9 Å². The Balaban J connectivity index is 2.58. The summed E-state index contributed by atoms with van der Waals surface area (Å²) in [5.41, 5.74) is 0.794. The molecular formula is C14H16N4OS. The van der Waals surface area contributed by atoms with Gasteiger partial charge in [0.1, 0.15) is 0 Å². The summed E-state index contributed by atoms with van der Waals surface area (Å²) in [5.74, 6) is 0.255. The fraction of sp³-hybridized carbons (Fsp3) is 0.286. The predicted octanol–water partition coefficient (Wildman–Crippen LogP) is 2.52. The van der Waals surface area contributed by atoms with E-state index in [2.05, 4.69) is 15.3 Å². The SMILES string of the molecule is CSc1nnc(-c2ccccc2)c(=O)n1/N=C\C(C)C. The van der Waals surface area contributed by atoms with E-state index < -0.39 is 0 Å². The van der Waals surface area contributed by atoms with Crippen LogP contribution in [0, 0.1) is 5.92 Å². The minimum atomic E-state index is -0.257. The third-order valence-electron chi connectivity index (χ3n) is 2.52. The molecule has 104 valence electrons. The molecule has 6 heteroatoms. The Morgan fingerprint density at radius 3 is 2.55 bits per heavy atom. The zero-order valence-corrected chi connectivity index (χ0v) is 12.5. The monoisotopic (exact) mass is 288 g/mol. The van der Waals surface area contributed by atoms with Gasteiger partial charge in [0.25, 0.3) is 0 Å². The highest BCUT2D eigenvalue weighted by Crippen LogP contribution is 2.14. The molecule has 0 saturated carbocycles. The molecule has 5 nitrogen and oxygen atoms in total. The first-order valence-corrected chi connectivity index (χ1v) is 7.49. The smallest absolute Gasteiger partial charge is 0.265 e. The van der Waals surface area contributed by atoms with Crippen molar-refractivity contribution in [2.45, 2.75) is 19.0 Å². The fourth-order valence-electron chi connectivity index (χ4n) is 1.57. The molecule has 1 heterocycles. The van der Waals surface area contributed by atoms with Crippen molar-refractivity contribution < 1.29 is 0 Å². The Morgan fingerprint density at radius 1 is 1.25 bits per heavy atom. The van der Waals surface area contributed by atoms with Crippen LogP contribution in [0.25, 0.3) is 11.3 Å². The lowest BCUT2D eigenvalue weighted by molar-refractivity contribution is 0.647. The summed E-state index contributed by atoms with van der Waals surface area (Å²) in [6.45, 7) is 4.00. The first kappa shape index (κ1) is 14.5. The van der Waals surface area contributed by atoms with Crippen molar-refractivity contribution in [3.05, 3.63) is 40.7 Å². The van der Waals surface area contributed by atoms with Gasteiger partial charge in [-0.2, -0.15) is 9.78 Å². The van der Waals surface area contributed by atoms with Crippen LogP contribution < -0.4 is 5.56 Å². The van der Waals surface area contributed by atoms with Gasteiger partial charge in [0, 0.05) is 11.8 Å². The third-order valence-corrected chi connectivity index (χ3v) is 3.14. The maximum absolute atomic E-state index is 12.5. The van der Waals surface area contributed by atoms with E-state index in [4.69, 9.17) is 0 Å². The molecule has 2 rings (SSSR count). The summed E-state index contributed by atoms with van der Waals surface area (Å²) in [4.78, 5) is 12.5. The van der Waals surface area contributed by atoms with Gasteiger partial charge in [0.2, 0.25) is 5.16 Å². The molecule has 0 radical (unpaired) electrons. The molecule has 0 bridgehead atoms. The summed E-state index contributed by atoms with van der Waals surface area (Å²) in [7, 11) is 0. The van der Waals surface area contributed by atoms with Gasteiger partial charge in [0.15, 0.2) is 5.69 Å². The van der Waals surface area contributed by atoms with E-state index in [0.29, 0.717) is 10.9 Å². The van der Waals surface area contributed by atoms with Gasteiger partial charge in [-0.3, -0.25) is 4.79 Å². The second-order valence-electron chi connectivity index (χ2n) is 4.53. The fourth-order valence-corrected chi connectivity index (χ4v) is 2.00. The molecule has 0 aliphatic rings. The average molecular weight is 288 g/mol. The zero-order valence-electron chi connectivity index (χ0n) is 11.6. The van der Waals surface area contributed by atoms with Crippen LogP contribution in [0.3, 0.4) is 0 Å². The molecule has 0 aliphatic heterocycles. The summed E-state index contributed by atoms with van der Waals surface area (Å²) >= 11 is 1.34. The Morgan fingerprint density at radius 2 is 1.95 bits per heavy atom. The van der Waals surface area contributed by atoms with Gasteiger partial charge in [-0.15, -0.1) is 10.2 Å². The molecule has 1 aromatic heterocycles. The molecule has 0 saturated heterocycles. The molecule has 0 amide bonds. The molecule has 1 aromatic carbocycles. The van der Waals surface area contributed by atoms with E-state index in [1.807, 2.05) is 50.4 Å². The quantitative estimate of drug-likeness (QED) is 0.640. The van der Waals surface area contributed by atoms with Crippen molar-refractivity contribution in [2.75, 3.05) is 6.26 Å². The summed E-state index contributed by atoms with van der Waals surface area (Å²) in [5, 5.41) is 12.8. The maximum Gasteiger partial charge on any atom is 0.301 e. The molecule has 0 atom stereocenters. The molecule has 0 fully saturated rings. The normalized spacial score (nSPS) is 11.4. The molecule has 0 aliphatic carbocycles. The largest absolute Gasteiger partial charge is 0.301 e. The average Bonchev–Trinajstić information content (AvgIpc) is 2.46. The number of rotatable bonds is 4. The predicted molar refractivity (Wildman–Crippen MR) is 82.2 cm³/mol. The summed E-state index contributed by atoms with van der Waals surface area (Å²) in [6, 6.07) is 9.28. The van der Waals surface area contributed by atoms with E-state index in [1.165, 1.54) is 16.4 Å². The van der Waals surface area contributed by atoms with Crippen LogP contribution in [0.4, 0.5) is 0 Å². The Hall–Kier alpha value is -1.95. The minimum Gasteiger partial charge on any atom is -0.265 e. The van der Waals surface area contributed by atoms with Gasteiger partial charge >= 0.3 is 5.56 Å². The standard InChI is InChI=1S/C14H16N4OS/c1-10(2)9-15-18-13(19)12(16-17-14(18)20-3)11-7-5-4-6-8-11/h4-10H,1-3H3/b15-9-. The summed E-state index contributed by atoms with van der Waals surface area (Å²) in [6.07, 6.45) is 3.56. The summed E-state index contributed by atoms with van der Waals surface area (Å²) < 4.78 is 1.31. The number of benzene rings is 1. The second-order valence-corrected chi connectivity index (χ2v) is 5.30. The number of hydrogen-bond acceptors (Lipinski definition) is 5. The second kappa shape index (κ2) is 6.47. The Kier molecular flexibility index (Phi) is 4.68. The number of aromatic nitrogens is 3. The highest BCUT2D eigenvalue weighted by atomic mass is 32.2. The van der Waals surface area contributed by atoms with Gasteiger partial charge in [-0.25, -0.2) is 0 Å². The lowest BCUT2D eigenvalue weighted by atomic mass is 10.2. The molecule has 2 aromatic rings. The zero-order chi connectivity index (χ0) is 14.5. The van der Waals surface area contributed by atoms with Crippen LogP contribution in [-0.2, 0) is 0 Å². The van der Waals surface area contributed by atoms with E-state index in [-0.39, 0.29) is 11.5 Å². The van der Waals surface area contributed by atoms with Crippen LogP contribution in [0.15, 0.2) is 45.4 Å². The van der Waals surface area contributed by atoms with E-state index >= 15 is 0 Å². The van der Waals surface area contributed by atoms with Crippen molar-refractivity contribution in [2.24, 2.45) is 11.0 Å². The Bertz CT molecular complexity index is 665. The Labute approximate surface area is 121 Å². The molecular weight excluding hydrogens is 272 g/mol. The van der Waals surface area contributed by atoms with E-state index in [0.717, 1.165) is 5.56 Å². The van der Waals surface area contributed by atoms with Gasteiger partial charge in [0.05, 0.1) is 0 Å². The lowest BCUT2D eigenvalue weighted by Gasteiger charge is -2.06. The van der Waals surface area contributed by atoms with E-state index in [9.17, 15) is 4.79 Å². The maximum atomic E-state index is 12.5. The van der Waals surface area contributed by atoms with Crippen LogP contribution in [0.5, 0.6) is 0 Å². The molecule has 0 unspecified atom stereocenters. The van der Waals surface area contributed by atoms with Gasteiger partial charge < -0.3 is 0 Å². The van der Waals surface area contributed by atoms with Crippen molar-refractivity contribution in [3.63, 3.8) is 0 Å². The van der Waals surface area contributed by atoms with Crippen molar-refractivity contribution in [3.8, 4) is 11.3 Å². The number of nitrogens with zero attached hydrogens (tertiary/aromatic N) is 4. The van der Waals surface area contributed by atoms with Crippen LogP contribution in [0.2, 0.25) is 0 Å². The molecule has 0 N–H and O–H groups in total. The van der Waals surface area contributed by atoms with Crippen LogP contribution >= 0.6 is 11.8 Å². The number of thioether (sulfide) groups is 1. The van der Waals surface area contributed by atoms with Crippen LogP contribution in [0.1, 0.15) is 13.8 Å². The van der Waals surface area contributed by atoms with Crippen molar-refractivity contribution in [1.29, 1.82) is 0 Å². The first-order chi connectivity index (χ1) is 9.63. The third kappa shape index (κ3) is 3.14. The highest BCUT2D eigenvalue weighted by molar-refractivity contribution is 7.98. The van der Waals surface area contributed by atoms with Gasteiger partial charge in [-0.05, 0) is 12.2 Å². The molecule has 0 spiro atoms. The minimum absolute atomic E-state index is 0.255. The van der Waals surface area contributed by atoms with Crippen LogP contribution in [-0.4, -0.2) is 27.3 Å². The number of hydrogen-bond donors (Lipinski definition) is 0. The topological polar surface area (TPSA) is 60.1 Å². The van der Waals surface area contributed by atoms with E-state index in [1.54, 1.807) is 6.21 Å².